The van der Waals surface area contributed by atoms with Gasteiger partial charge in [-0.3, -0.25) is 9.59 Å². The number of halogens is 2. The molecule has 0 bridgehead atoms. The highest BCUT2D eigenvalue weighted by atomic mass is 19.1. The van der Waals surface area contributed by atoms with E-state index in [1.807, 2.05) is 0 Å². The van der Waals surface area contributed by atoms with Crippen LogP contribution in [0.4, 0.5) is 8.78 Å². The summed E-state index contributed by atoms with van der Waals surface area (Å²) >= 11 is 0. The fraction of sp³-hybridized carbons (Fsp3) is 0.579. The van der Waals surface area contributed by atoms with Gasteiger partial charge in [0.05, 0.1) is 5.56 Å². The number of carbonyl (C=O) groups is 2. The monoisotopic (exact) mass is 350 g/mol. The molecule has 1 saturated heterocycles. The largest absolute Gasteiger partial charge is 0.353 e. The molecule has 0 spiro atoms. The van der Waals surface area contributed by atoms with E-state index in [1.165, 1.54) is 12.5 Å². The van der Waals surface area contributed by atoms with Gasteiger partial charge in [0.1, 0.15) is 11.6 Å². The van der Waals surface area contributed by atoms with Gasteiger partial charge in [-0.05, 0) is 37.8 Å². The molecule has 0 radical (unpaired) electrons. The number of hydrogen-bond donors (Lipinski definition) is 1. The summed E-state index contributed by atoms with van der Waals surface area (Å²) in [4.78, 5) is 26.3. The normalized spacial score (nSPS) is 19.7. The summed E-state index contributed by atoms with van der Waals surface area (Å²) in [6, 6.07) is 3.07. The number of rotatable bonds is 3. The van der Waals surface area contributed by atoms with Crippen LogP contribution < -0.4 is 5.32 Å². The van der Waals surface area contributed by atoms with Crippen LogP contribution in [0.3, 0.4) is 0 Å². The summed E-state index contributed by atoms with van der Waals surface area (Å²) < 4.78 is 26.7. The molecule has 1 aliphatic carbocycles. The molecule has 0 atom stereocenters. The van der Waals surface area contributed by atoms with Gasteiger partial charge < -0.3 is 10.2 Å². The Morgan fingerprint density at radius 2 is 1.68 bits per heavy atom. The van der Waals surface area contributed by atoms with Crippen molar-refractivity contribution in [3.63, 3.8) is 0 Å². The summed E-state index contributed by atoms with van der Waals surface area (Å²) in [6.07, 6.45) is 6.70. The van der Waals surface area contributed by atoms with Crippen molar-refractivity contribution in [3.05, 3.63) is 35.4 Å². The van der Waals surface area contributed by atoms with E-state index in [2.05, 4.69) is 5.32 Å². The maximum atomic E-state index is 13.8. The van der Waals surface area contributed by atoms with Gasteiger partial charge in [-0.2, -0.15) is 0 Å². The second kappa shape index (κ2) is 7.93. The zero-order valence-electron chi connectivity index (χ0n) is 14.3. The molecule has 1 saturated carbocycles. The maximum Gasteiger partial charge on any atom is 0.256 e. The summed E-state index contributed by atoms with van der Waals surface area (Å²) in [5.41, 5.74) is -0.105. The van der Waals surface area contributed by atoms with Crippen molar-refractivity contribution in [2.24, 2.45) is 5.92 Å². The van der Waals surface area contributed by atoms with Crippen LogP contribution in [0.15, 0.2) is 18.2 Å². The van der Waals surface area contributed by atoms with Gasteiger partial charge in [0.2, 0.25) is 5.91 Å². The number of amides is 2. The number of benzene rings is 1. The van der Waals surface area contributed by atoms with Gasteiger partial charge in [-0.25, -0.2) is 8.78 Å². The molecular weight excluding hydrogens is 326 g/mol. The molecule has 0 unspecified atom stereocenters. The molecule has 136 valence electrons. The molecule has 3 rings (SSSR count). The van der Waals surface area contributed by atoms with Crippen LogP contribution in [0.25, 0.3) is 0 Å². The third-order valence-corrected chi connectivity index (χ3v) is 5.27. The Labute approximate surface area is 146 Å². The van der Waals surface area contributed by atoms with Gasteiger partial charge >= 0.3 is 0 Å². The van der Waals surface area contributed by atoms with E-state index in [0.717, 1.165) is 37.8 Å². The highest BCUT2D eigenvalue weighted by molar-refractivity contribution is 5.94. The van der Waals surface area contributed by atoms with E-state index in [-0.39, 0.29) is 23.4 Å². The molecule has 6 heteroatoms. The first-order chi connectivity index (χ1) is 12.0. The lowest BCUT2D eigenvalue weighted by atomic mass is 9.88. The van der Waals surface area contributed by atoms with E-state index in [1.54, 1.807) is 4.90 Å². The quantitative estimate of drug-likeness (QED) is 0.910. The van der Waals surface area contributed by atoms with Gasteiger partial charge in [0.25, 0.3) is 5.91 Å². The van der Waals surface area contributed by atoms with E-state index in [0.29, 0.717) is 25.9 Å². The lowest BCUT2D eigenvalue weighted by Gasteiger charge is -2.33. The van der Waals surface area contributed by atoms with Gasteiger partial charge in [0, 0.05) is 31.1 Å². The van der Waals surface area contributed by atoms with Crippen LogP contribution in [-0.4, -0.2) is 35.8 Å². The van der Waals surface area contributed by atoms with E-state index >= 15 is 0 Å². The number of nitrogens with zero attached hydrogens (tertiary/aromatic N) is 1. The summed E-state index contributed by atoms with van der Waals surface area (Å²) in [6.45, 7) is 0.927. The number of hydrogen-bond acceptors (Lipinski definition) is 2. The minimum absolute atomic E-state index is 0.0662. The highest BCUT2D eigenvalue weighted by Crippen LogP contribution is 2.24. The first-order valence-electron chi connectivity index (χ1n) is 9.09. The smallest absolute Gasteiger partial charge is 0.256 e. The molecule has 1 aromatic carbocycles. The Balaban J connectivity index is 1.51. The third-order valence-electron chi connectivity index (χ3n) is 5.27. The maximum absolute atomic E-state index is 13.8. The molecular formula is C19H24F2N2O2. The van der Waals surface area contributed by atoms with Crippen LogP contribution in [-0.2, 0) is 4.79 Å². The Hall–Kier alpha value is -1.98. The van der Waals surface area contributed by atoms with E-state index < -0.39 is 17.5 Å². The predicted octanol–water partition coefficient (Wildman–Crippen LogP) is 3.27. The molecule has 1 heterocycles. The summed E-state index contributed by atoms with van der Waals surface area (Å²) in [7, 11) is 0. The topological polar surface area (TPSA) is 49.4 Å². The van der Waals surface area contributed by atoms with Crippen LogP contribution in [0, 0.1) is 17.6 Å². The molecule has 0 aromatic heterocycles. The van der Waals surface area contributed by atoms with E-state index in [9.17, 15) is 18.4 Å². The fourth-order valence-electron chi connectivity index (χ4n) is 3.74. The SMILES string of the molecule is O=C(NC1CCN(C(=O)c2ccc(F)cc2F)CC1)C1CCCCC1. The molecule has 2 aliphatic rings. The van der Waals surface area contributed by atoms with Crippen LogP contribution >= 0.6 is 0 Å². The van der Waals surface area contributed by atoms with Crippen LogP contribution in [0.5, 0.6) is 0 Å². The Bertz CT molecular complexity index is 636. The molecule has 1 aromatic rings. The Morgan fingerprint density at radius 3 is 2.32 bits per heavy atom. The van der Waals surface area contributed by atoms with Crippen molar-refractivity contribution in [2.45, 2.75) is 51.0 Å². The van der Waals surface area contributed by atoms with Crippen molar-refractivity contribution in [1.29, 1.82) is 0 Å². The Kier molecular flexibility index (Phi) is 5.66. The number of piperidine rings is 1. The highest BCUT2D eigenvalue weighted by Gasteiger charge is 2.28. The van der Waals surface area contributed by atoms with Crippen molar-refractivity contribution in [1.82, 2.24) is 10.2 Å². The minimum Gasteiger partial charge on any atom is -0.353 e. The van der Waals surface area contributed by atoms with Crippen molar-refractivity contribution >= 4 is 11.8 Å². The molecule has 4 nitrogen and oxygen atoms in total. The standard InChI is InChI=1S/C19H24F2N2O2/c20-14-6-7-16(17(21)12-14)19(25)23-10-8-15(9-11-23)22-18(24)13-4-2-1-3-5-13/h6-7,12-13,15H,1-5,8-11H2,(H,22,24). The van der Waals surface area contributed by atoms with E-state index in [4.69, 9.17) is 0 Å². The summed E-state index contributed by atoms with van der Waals surface area (Å²) in [5, 5.41) is 3.11. The van der Waals surface area contributed by atoms with Gasteiger partial charge in [0.15, 0.2) is 0 Å². The van der Waals surface area contributed by atoms with Crippen LogP contribution in [0.2, 0.25) is 0 Å². The minimum atomic E-state index is -0.835. The first-order valence-corrected chi connectivity index (χ1v) is 9.09. The zero-order valence-corrected chi connectivity index (χ0v) is 14.3. The molecule has 1 N–H and O–H groups in total. The number of carbonyl (C=O) groups excluding carboxylic acids is 2. The van der Waals surface area contributed by atoms with Gasteiger partial charge in [-0.15, -0.1) is 0 Å². The lowest BCUT2D eigenvalue weighted by molar-refractivity contribution is -0.126. The fourth-order valence-corrected chi connectivity index (χ4v) is 3.74. The molecule has 25 heavy (non-hydrogen) atoms. The average molecular weight is 350 g/mol. The van der Waals surface area contributed by atoms with Crippen molar-refractivity contribution < 1.29 is 18.4 Å². The van der Waals surface area contributed by atoms with Crippen molar-refractivity contribution in [2.75, 3.05) is 13.1 Å². The average Bonchev–Trinajstić information content (AvgIpc) is 2.62. The first kappa shape index (κ1) is 17.8. The molecule has 2 fully saturated rings. The third kappa shape index (κ3) is 4.35. The second-order valence-electron chi connectivity index (χ2n) is 7.03. The molecule has 2 amide bonds. The zero-order chi connectivity index (χ0) is 17.8. The number of nitrogens with one attached hydrogen (secondary N) is 1. The predicted molar refractivity (Wildman–Crippen MR) is 90.0 cm³/mol. The van der Waals surface area contributed by atoms with Gasteiger partial charge in [-0.1, -0.05) is 19.3 Å². The summed E-state index contributed by atoms with van der Waals surface area (Å²) in [5.74, 6) is -1.69. The van der Waals surface area contributed by atoms with Crippen molar-refractivity contribution in [3.8, 4) is 0 Å². The Morgan fingerprint density at radius 1 is 1.00 bits per heavy atom. The van der Waals surface area contributed by atoms with Crippen LogP contribution in [0.1, 0.15) is 55.3 Å². The number of likely N-dealkylation sites (tertiary alicyclic amines) is 1. The second-order valence-corrected chi connectivity index (χ2v) is 7.03. The molecule has 1 aliphatic heterocycles. The lowest BCUT2D eigenvalue weighted by Crippen LogP contribution is -2.48.